The summed E-state index contributed by atoms with van der Waals surface area (Å²) >= 11 is 0. The molecular weight excluding hydrogens is 761 g/mol. The zero-order chi connectivity index (χ0) is 41.7. The van der Waals surface area contributed by atoms with Crippen LogP contribution < -0.4 is 4.90 Å². The van der Waals surface area contributed by atoms with Gasteiger partial charge in [0.2, 0.25) is 0 Å². The lowest BCUT2D eigenvalue weighted by Crippen LogP contribution is -2.28. The lowest BCUT2D eigenvalue weighted by molar-refractivity contribution is 0.768. The molecule has 0 fully saturated rings. The smallest absolute Gasteiger partial charge is 0.0782 e. The van der Waals surface area contributed by atoms with Gasteiger partial charge in [-0.25, -0.2) is 0 Å². The normalized spacial score (nSPS) is 12.6. The van der Waals surface area contributed by atoms with E-state index >= 15 is 0 Å². The number of rotatable bonds is 8. The summed E-state index contributed by atoms with van der Waals surface area (Å²) in [6.07, 6.45) is 0. The molecule has 0 bridgehead atoms. The third-order valence-electron chi connectivity index (χ3n) is 13.0. The minimum absolute atomic E-state index is 0.548. The van der Waals surface area contributed by atoms with Gasteiger partial charge in [0, 0.05) is 27.8 Å². The number of anilines is 3. The van der Waals surface area contributed by atoms with Crippen molar-refractivity contribution in [2.45, 2.75) is 5.41 Å². The molecule has 0 N–H and O–H groups in total. The molecule has 0 unspecified atom stereocenters. The summed E-state index contributed by atoms with van der Waals surface area (Å²) in [7, 11) is 0. The molecule has 1 heterocycles. The molecule has 2 nitrogen and oxygen atoms in total. The van der Waals surface area contributed by atoms with Gasteiger partial charge in [-0.1, -0.05) is 200 Å². The summed E-state index contributed by atoms with van der Waals surface area (Å²) in [5.74, 6) is 0. The molecule has 63 heavy (non-hydrogen) atoms. The first kappa shape index (κ1) is 36.6. The highest BCUT2D eigenvalue weighted by Crippen LogP contribution is 2.57. The van der Waals surface area contributed by atoms with E-state index in [-0.39, 0.29) is 0 Å². The van der Waals surface area contributed by atoms with E-state index in [2.05, 4.69) is 264 Å². The van der Waals surface area contributed by atoms with Crippen LogP contribution in [-0.2, 0) is 5.41 Å². The van der Waals surface area contributed by atoms with E-state index in [9.17, 15) is 0 Å². The van der Waals surface area contributed by atoms with Gasteiger partial charge in [-0.15, -0.1) is 0 Å². The lowest BCUT2D eigenvalue weighted by Gasteiger charge is -2.35. The second-order valence-electron chi connectivity index (χ2n) is 16.5. The number of benzene rings is 10. The van der Waals surface area contributed by atoms with Crippen LogP contribution in [0.2, 0.25) is 0 Å². The molecule has 10 aromatic carbocycles. The Morgan fingerprint density at radius 1 is 0.333 bits per heavy atom. The molecule has 0 saturated carbocycles. The van der Waals surface area contributed by atoms with Gasteiger partial charge in [-0.05, 0) is 110 Å². The fourth-order valence-corrected chi connectivity index (χ4v) is 10.3. The van der Waals surface area contributed by atoms with Crippen LogP contribution in [0.4, 0.5) is 17.1 Å². The summed E-state index contributed by atoms with van der Waals surface area (Å²) in [6, 6.07) is 93.4. The van der Waals surface area contributed by atoms with Crippen LogP contribution >= 0.6 is 0 Å². The van der Waals surface area contributed by atoms with Gasteiger partial charge in [-0.3, -0.25) is 0 Å². The van der Waals surface area contributed by atoms with Crippen molar-refractivity contribution in [2.75, 3.05) is 4.90 Å². The third-order valence-corrected chi connectivity index (χ3v) is 13.0. The average Bonchev–Trinajstić information content (AvgIpc) is 3.86. The van der Waals surface area contributed by atoms with E-state index in [1.807, 2.05) is 0 Å². The highest BCUT2D eigenvalue weighted by atomic mass is 15.2. The number of nitrogens with zero attached hydrogens (tertiary/aromatic N) is 2. The van der Waals surface area contributed by atoms with E-state index < -0.39 is 5.41 Å². The first-order valence-electron chi connectivity index (χ1n) is 21.8. The predicted octanol–water partition coefficient (Wildman–Crippen LogP) is 16.0. The molecule has 1 aromatic heterocycles. The first-order valence-corrected chi connectivity index (χ1v) is 21.8. The number of para-hydroxylation sites is 2. The van der Waals surface area contributed by atoms with Crippen molar-refractivity contribution in [3.63, 3.8) is 0 Å². The Labute approximate surface area is 368 Å². The van der Waals surface area contributed by atoms with E-state index in [1.165, 1.54) is 66.4 Å². The quantitative estimate of drug-likeness (QED) is 0.149. The Hall–Kier alpha value is -8.20. The number of hydrogen-bond acceptors (Lipinski definition) is 1. The van der Waals surface area contributed by atoms with Crippen molar-refractivity contribution in [3.8, 4) is 39.1 Å². The molecule has 0 amide bonds. The molecule has 0 spiro atoms. The fourth-order valence-electron chi connectivity index (χ4n) is 10.3. The zero-order valence-corrected chi connectivity index (χ0v) is 34.6. The van der Waals surface area contributed by atoms with E-state index in [0.717, 1.165) is 33.8 Å². The number of aromatic nitrogens is 1. The summed E-state index contributed by atoms with van der Waals surface area (Å²) in [4.78, 5) is 2.51. The maximum Gasteiger partial charge on any atom is 0.0782 e. The molecule has 0 radical (unpaired) electrons. The molecule has 0 aliphatic heterocycles. The van der Waals surface area contributed by atoms with Gasteiger partial charge in [0.15, 0.2) is 0 Å². The minimum Gasteiger partial charge on any atom is -0.308 e. The molecule has 2 heteroatoms. The van der Waals surface area contributed by atoms with Gasteiger partial charge >= 0.3 is 0 Å². The average molecular weight is 803 g/mol. The molecule has 1 aliphatic carbocycles. The van der Waals surface area contributed by atoms with Crippen molar-refractivity contribution in [1.82, 2.24) is 4.57 Å². The summed E-state index contributed by atoms with van der Waals surface area (Å²) in [6.45, 7) is 0. The maximum absolute atomic E-state index is 2.51. The Balaban J connectivity index is 1.20. The largest absolute Gasteiger partial charge is 0.308 e. The lowest BCUT2D eigenvalue weighted by atomic mass is 9.67. The Morgan fingerprint density at radius 2 is 0.841 bits per heavy atom. The van der Waals surface area contributed by atoms with Gasteiger partial charge in [0.1, 0.15) is 0 Å². The standard InChI is InChI=1S/C61H42N2/c1-6-20-43(21-7-1)45-34-36-50(37-35-45)62(51-38-39-53-52-30-16-18-32-56(52)61(57(53)42-51,47-24-10-3-11-25-47)48-26-12-4-13-27-48)59-41-46(44-22-8-2-9-23-44)40-55-54-31-17-19-33-58(54)63(60(55)59)49-28-14-5-15-29-49/h1-42H. The Kier molecular flexibility index (Phi) is 8.76. The van der Waals surface area contributed by atoms with Crippen LogP contribution in [0.5, 0.6) is 0 Å². The molecule has 0 atom stereocenters. The zero-order valence-electron chi connectivity index (χ0n) is 34.6. The molecule has 0 saturated heterocycles. The van der Waals surface area contributed by atoms with Crippen LogP contribution in [0, 0.1) is 0 Å². The Morgan fingerprint density at radius 3 is 1.51 bits per heavy atom. The summed E-state index contributed by atoms with van der Waals surface area (Å²) < 4.78 is 2.46. The molecule has 296 valence electrons. The number of fused-ring (bicyclic) bond motifs is 6. The maximum atomic E-state index is 2.51. The van der Waals surface area contributed by atoms with Crippen LogP contribution in [0.25, 0.3) is 60.9 Å². The van der Waals surface area contributed by atoms with Gasteiger partial charge < -0.3 is 9.47 Å². The first-order chi connectivity index (χ1) is 31.3. The van der Waals surface area contributed by atoms with Crippen LogP contribution in [-0.4, -0.2) is 4.57 Å². The second kappa shape index (κ2) is 15.1. The van der Waals surface area contributed by atoms with Crippen LogP contribution in [0.1, 0.15) is 22.3 Å². The third kappa shape index (κ3) is 5.87. The van der Waals surface area contributed by atoms with Gasteiger partial charge in [0.05, 0.1) is 22.1 Å². The van der Waals surface area contributed by atoms with Crippen molar-refractivity contribution >= 4 is 38.9 Å². The van der Waals surface area contributed by atoms with Gasteiger partial charge in [-0.2, -0.15) is 0 Å². The fraction of sp³-hybridized carbons (Fsp3) is 0.0164. The van der Waals surface area contributed by atoms with Crippen molar-refractivity contribution in [2.24, 2.45) is 0 Å². The van der Waals surface area contributed by atoms with Crippen LogP contribution in [0.15, 0.2) is 255 Å². The van der Waals surface area contributed by atoms with E-state index in [4.69, 9.17) is 0 Å². The van der Waals surface area contributed by atoms with Crippen molar-refractivity contribution in [3.05, 3.63) is 277 Å². The molecule has 1 aliphatic rings. The van der Waals surface area contributed by atoms with E-state index in [0.29, 0.717) is 0 Å². The molecule has 12 rings (SSSR count). The van der Waals surface area contributed by atoms with Gasteiger partial charge in [0.25, 0.3) is 0 Å². The molecule has 11 aromatic rings. The highest BCUT2D eigenvalue weighted by molar-refractivity contribution is 6.16. The minimum atomic E-state index is -0.548. The topological polar surface area (TPSA) is 8.17 Å². The van der Waals surface area contributed by atoms with Crippen LogP contribution in [0.3, 0.4) is 0 Å². The van der Waals surface area contributed by atoms with E-state index in [1.54, 1.807) is 0 Å². The second-order valence-corrected chi connectivity index (χ2v) is 16.5. The van der Waals surface area contributed by atoms with Crippen molar-refractivity contribution in [1.29, 1.82) is 0 Å². The predicted molar refractivity (Wildman–Crippen MR) is 264 cm³/mol. The SMILES string of the molecule is c1ccc(-c2ccc(N(c3ccc4c(c3)C(c3ccccc3)(c3ccccc3)c3ccccc3-4)c3cc(-c4ccccc4)cc4c5ccccc5n(-c5ccccc5)c34)cc2)cc1. The highest BCUT2D eigenvalue weighted by Gasteiger charge is 2.46. The Bertz CT molecular complexity index is 3370. The molecular formula is C61H42N2. The monoisotopic (exact) mass is 802 g/mol. The summed E-state index contributed by atoms with van der Waals surface area (Å²) in [5, 5.41) is 2.42. The van der Waals surface area contributed by atoms with Crippen molar-refractivity contribution < 1.29 is 0 Å². The number of hydrogen-bond donors (Lipinski definition) is 0. The summed E-state index contributed by atoms with van der Waals surface area (Å²) in [5.41, 5.74) is 18.4.